The Balaban J connectivity index is 1.87. The van der Waals surface area contributed by atoms with Crippen molar-refractivity contribution in [3.05, 3.63) is 35.4 Å². The normalized spacial score (nSPS) is 17.3. The molecule has 0 radical (unpaired) electrons. The quantitative estimate of drug-likeness (QED) is 0.691. The van der Waals surface area contributed by atoms with Gasteiger partial charge in [0.1, 0.15) is 0 Å². The standard InChI is InChI=1S/C17H22N2O5/c20-15(21)4-1-9-18-17(24)19-10-2-3-14(11-19)12-5-7-13(8-6-12)16(22)23/h5-8,14H,1-4,9-11H2,(H,18,24)(H,20,21)(H,22,23)/t14-/m1/s1. The molecule has 0 aromatic heterocycles. The lowest BCUT2D eigenvalue weighted by Crippen LogP contribution is -2.45. The van der Waals surface area contributed by atoms with E-state index in [0.29, 0.717) is 26.1 Å². The molecular weight excluding hydrogens is 312 g/mol. The molecule has 130 valence electrons. The number of carboxylic acid groups (broad SMARTS) is 2. The molecule has 0 aliphatic carbocycles. The molecule has 1 saturated heterocycles. The van der Waals surface area contributed by atoms with Crippen LogP contribution in [0.15, 0.2) is 24.3 Å². The topological polar surface area (TPSA) is 107 Å². The summed E-state index contributed by atoms with van der Waals surface area (Å²) in [4.78, 5) is 35.2. The molecule has 1 atom stereocenters. The van der Waals surface area contributed by atoms with E-state index >= 15 is 0 Å². The lowest BCUT2D eigenvalue weighted by atomic mass is 9.90. The number of urea groups is 1. The zero-order chi connectivity index (χ0) is 17.5. The second-order valence-corrected chi connectivity index (χ2v) is 5.94. The Morgan fingerprint density at radius 3 is 2.50 bits per heavy atom. The van der Waals surface area contributed by atoms with E-state index in [4.69, 9.17) is 10.2 Å². The summed E-state index contributed by atoms with van der Waals surface area (Å²) in [6, 6.07) is 6.61. The fraction of sp³-hybridized carbons (Fsp3) is 0.471. The third-order valence-corrected chi connectivity index (χ3v) is 4.18. The number of amides is 2. The van der Waals surface area contributed by atoms with E-state index in [1.54, 1.807) is 17.0 Å². The van der Waals surface area contributed by atoms with Gasteiger partial charge in [-0.05, 0) is 37.0 Å². The molecule has 1 aromatic carbocycles. The molecule has 0 saturated carbocycles. The Hall–Kier alpha value is -2.57. The van der Waals surface area contributed by atoms with E-state index in [9.17, 15) is 14.4 Å². The van der Waals surface area contributed by atoms with Gasteiger partial charge < -0.3 is 20.4 Å². The largest absolute Gasteiger partial charge is 0.481 e. The van der Waals surface area contributed by atoms with E-state index in [1.165, 1.54) is 0 Å². The van der Waals surface area contributed by atoms with Crippen LogP contribution in [-0.4, -0.2) is 52.7 Å². The third-order valence-electron chi connectivity index (χ3n) is 4.18. The van der Waals surface area contributed by atoms with Gasteiger partial charge in [0.05, 0.1) is 5.56 Å². The summed E-state index contributed by atoms with van der Waals surface area (Å²) in [6.07, 6.45) is 2.29. The van der Waals surface area contributed by atoms with Gasteiger partial charge in [-0.1, -0.05) is 12.1 Å². The van der Waals surface area contributed by atoms with Gasteiger partial charge in [0.2, 0.25) is 0 Å². The van der Waals surface area contributed by atoms with Gasteiger partial charge in [-0.3, -0.25) is 4.79 Å². The SMILES string of the molecule is O=C(O)CCCNC(=O)N1CCC[C@@H](c2ccc(C(=O)O)cc2)C1. The Labute approximate surface area is 140 Å². The summed E-state index contributed by atoms with van der Waals surface area (Å²) in [5.41, 5.74) is 1.28. The molecule has 0 unspecified atom stereocenters. The number of aromatic carboxylic acids is 1. The fourth-order valence-corrected chi connectivity index (χ4v) is 2.88. The number of nitrogens with one attached hydrogen (secondary N) is 1. The lowest BCUT2D eigenvalue weighted by molar-refractivity contribution is -0.137. The van der Waals surface area contributed by atoms with E-state index in [-0.39, 0.29) is 23.9 Å². The van der Waals surface area contributed by atoms with Gasteiger partial charge in [-0.15, -0.1) is 0 Å². The Bertz CT molecular complexity index is 600. The maximum Gasteiger partial charge on any atom is 0.335 e. The lowest BCUT2D eigenvalue weighted by Gasteiger charge is -2.33. The maximum atomic E-state index is 12.2. The van der Waals surface area contributed by atoms with Crippen molar-refractivity contribution in [1.29, 1.82) is 0 Å². The van der Waals surface area contributed by atoms with E-state index in [1.807, 2.05) is 12.1 Å². The molecule has 1 heterocycles. The number of carboxylic acids is 2. The van der Waals surface area contributed by atoms with Crippen LogP contribution in [0, 0.1) is 0 Å². The van der Waals surface area contributed by atoms with E-state index < -0.39 is 11.9 Å². The number of rotatable bonds is 6. The zero-order valence-corrected chi connectivity index (χ0v) is 13.4. The number of likely N-dealkylation sites (tertiary alicyclic amines) is 1. The summed E-state index contributed by atoms with van der Waals surface area (Å²) in [6.45, 7) is 1.60. The first-order valence-corrected chi connectivity index (χ1v) is 8.05. The molecule has 0 spiro atoms. The van der Waals surface area contributed by atoms with Gasteiger partial charge in [-0.2, -0.15) is 0 Å². The predicted octanol–water partition coefficient (Wildman–Crippen LogP) is 2.14. The van der Waals surface area contributed by atoms with Crippen LogP contribution in [-0.2, 0) is 4.79 Å². The molecule has 7 heteroatoms. The van der Waals surface area contributed by atoms with Crippen molar-refractivity contribution in [3.63, 3.8) is 0 Å². The second kappa shape index (κ2) is 8.33. The number of piperidine rings is 1. The maximum absolute atomic E-state index is 12.2. The van der Waals surface area contributed by atoms with E-state index in [0.717, 1.165) is 18.4 Å². The van der Waals surface area contributed by atoms with Crippen LogP contribution >= 0.6 is 0 Å². The molecule has 1 aliphatic heterocycles. The number of hydrogen-bond acceptors (Lipinski definition) is 3. The summed E-state index contributed by atoms with van der Waals surface area (Å²) in [5.74, 6) is -1.63. The number of carbonyl (C=O) groups is 3. The van der Waals surface area contributed by atoms with Crippen molar-refractivity contribution in [3.8, 4) is 0 Å². The molecule has 1 fully saturated rings. The van der Waals surface area contributed by atoms with Crippen LogP contribution in [0.2, 0.25) is 0 Å². The number of carbonyl (C=O) groups excluding carboxylic acids is 1. The molecule has 2 amide bonds. The molecule has 24 heavy (non-hydrogen) atoms. The minimum atomic E-state index is -0.951. The van der Waals surface area contributed by atoms with Crippen molar-refractivity contribution in [2.45, 2.75) is 31.6 Å². The van der Waals surface area contributed by atoms with Gasteiger partial charge >= 0.3 is 18.0 Å². The average Bonchev–Trinajstić information content (AvgIpc) is 2.58. The first-order chi connectivity index (χ1) is 11.5. The highest BCUT2D eigenvalue weighted by molar-refractivity contribution is 5.87. The van der Waals surface area contributed by atoms with Crippen molar-refractivity contribution in [2.24, 2.45) is 0 Å². The van der Waals surface area contributed by atoms with Crippen LogP contribution in [0.25, 0.3) is 0 Å². The Kier molecular flexibility index (Phi) is 6.17. The summed E-state index contributed by atoms with van der Waals surface area (Å²) >= 11 is 0. The monoisotopic (exact) mass is 334 g/mol. The van der Waals surface area contributed by atoms with Crippen LogP contribution in [0.1, 0.15) is 47.5 Å². The van der Waals surface area contributed by atoms with Crippen molar-refractivity contribution in [1.82, 2.24) is 10.2 Å². The average molecular weight is 334 g/mol. The van der Waals surface area contributed by atoms with Gasteiger partial charge in [-0.25, -0.2) is 9.59 Å². The van der Waals surface area contributed by atoms with Crippen LogP contribution in [0.5, 0.6) is 0 Å². The first-order valence-electron chi connectivity index (χ1n) is 8.05. The molecule has 1 aromatic rings. The zero-order valence-electron chi connectivity index (χ0n) is 13.4. The predicted molar refractivity (Wildman–Crippen MR) is 87.2 cm³/mol. The number of nitrogens with zero attached hydrogens (tertiary/aromatic N) is 1. The minimum absolute atomic E-state index is 0.0405. The third kappa shape index (κ3) is 4.97. The molecule has 7 nitrogen and oxygen atoms in total. The molecule has 1 aliphatic rings. The van der Waals surface area contributed by atoms with Crippen LogP contribution in [0.3, 0.4) is 0 Å². The highest BCUT2D eigenvalue weighted by Crippen LogP contribution is 2.27. The van der Waals surface area contributed by atoms with E-state index in [2.05, 4.69) is 5.32 Å². The smallest absolute Gasteiger partial charge is 0.335 e. The van der Waals surface area contributed by atoms with Crippen molar-refractivity contribution < 1.29 is 24.6 Å². The molecule has 2 rings (SSSR count). The Morgan fingerprint density at radius 2 is 1.88 bits per heavy atom. The van der Waals surface area contributed by atoms with Crippen molar-refractivity contribution >= 4 is 18.0 Å². The van der Waals surface area contributed by atoms with Crippen molar-refractivity contribution in [2.75, 3.05) is 19.6 Å². The molecular formula is C17H22N2O5. The highest BCUT2D eigenvalue weighted by atomic mass is 16.4. The van der Waals surface area contributed by atoms with Gasteiger partial charge in [0, 0.05) is 32.0 Å². The second-order valence-electron chi connectivity index (χ2n) is 5.94. The van der Waals surface area contributed by atoms with Gasteiger partial charge in [0.15, 0.2) is 0 Å². The van der Waals surface area contributed by atoms with Crippen LogP contribution < -0.4 is 5.32 Å². The minimum Gasteiger partial charge on any atom is -0.481 e. The molecule has 0 bridgehead atoms. The van der Waals surface area contributed by atoms with Crippen LogP contribution in [0.4, 0.5) is 4.79 Å². The summed E-state index contributed by atoms with van der Waals surface area (Å²) in [5, 5.41) is 20.3. The highest BCUT2D eigenvalue weighted by Gasteiger charge is 2.24. The summed E-state index contributed by atoms with van der Waals surface area (Å²) in [7, 11) is 0. The Morgan fingerprint density at radius 1 is 1.17 bits per heavy atom. The molecule has 3 N–H and O–H groups in total. The fourth-order valence-electron chi connectivity index (χ4n) is 2.88. The summed E-state index contributed by atoms with van der Waals surface area (Å²) < 4.78 is 0. The number of hydrogen-bond donors (Lipinski definition) is 3. The van der Waals surface area contributed by atoms with Gasteiger partial charge in [0.25, 0.3) is 0 Å². The first kappa shape index (κ1) is 17.8. The number of aliphatic carboxylic acids is 1. The number of benzene rings is 1.